The van der Waals surface area contributed by atoms with E-state index in [0.717, 1.165) is 24.8 Å². The van der Waals surface area contributed by atoms with Crippen LogP contribution in [0.2, 0.25) is 0 Å². The Hall–Kier alpha value is -3.69. The van der Waals surface area contributed by atoms with Crippen LogP contribution in [0.4, 0.5) is 15.1 Å². The molecule has 1 atom stereocenters. The number of carbonyl (C=O) groups excluding carboxylic acids is 2. The van der Waals surface area contributed by atoms with Crippen molar-refractivity contribution in [1.82, 2.24) is 24.8 Å². The van der Waals surface area contributed by atoms with Crippen molar-refractivity contribution in [2.45, 2.75) is 65.5 Å². The van der Waals surface area contributed by atoms with Crippen molar-refractivity contribution >= 4 is 29.0 Å². The van der Waals surface area contributed by atoms with Gasteiger partial charge in [-0.1, -0.05) is 26.0 Å². The topological polar surface area (TPSA) is 92.6 Å². The molecule has 2 aromatic heterocycles. The van der Waals surface area contributed by atoms with Crippen molar-refractivity contribution in [2.75, 3.05) is 38.1 Å². The third kappa shape index (κ3) is 6.01. The summed E-state index contributed by atoms with van der Waals surface area (Å²) in [5.41, 5.74) is 1.06. The molecule has 0 saturated carbocycles. The van der Waals surface area contributed by atoms with Gasteiger partial charge in [0.2, 0.25) is 11.9 Å². The average Bonchev–Trinajstić information content (AvgIpc) is 3.51. The van der Waals surface area contributed by atoms with E-state index in [1.54, 1.807) is 30.1 Å². The third-order valence-corrected chi connectivity index (χ3v) is 7.95. The quantitative estimate of drug-likeness (QED) is 0.413. The van der Waals surface area contributed by atoms with Crippen LogP contribution in [0, 0.1) is 17.2 Å². The molecular formula is C31H41FN6O3. The number of amides is 2. The molecule has 9 nitrogen and oxygen atoms in total. The van der Waals surface area contributed by atoms with Crippen molar-refractivity contribution in [3.63, 3.8) is 0 Å². The van der Waals surface area contributed by atoms with E-state index >= 15 is 4.39 Å². The fourth-order valence-corrected chi connectivity index (χ4v) is 6.05. The summed E-state index contributed by atoms with van der Waals surface area (Å²) < 4.78 is 22.7. The van der Waals surface area contributed by atoms with E-state index in [9.17, 15) is 9.59 Å². The molecule has 1 spiro atoms. The van der Waals surface area contributed by atoms with E-state index in [0.29, 0.717) is 54.8 Å². The lowest BCUT2D eigenvalue weighted by atomic mass is 9.79. The molecular weight excluding hydrogens is 523 g/mol. The first-order valence-corrected chi connectivity index (χ1v) is 14.4. The standard InChI is InChI=1S/C31H41FN6O3/c1-20(2)15-21(16-25(39)33-6)38-13-11-23-26(22-9-7-8-10-24(22)32)34-28(35-27(23)38)36-14-12-31(17-36)18-37(19-31)29(40)41-30(3,4)5/h7-11,13,20-21H,12,14-19H2,1-6H3,(H,33,39)/t21-/m1/s1. The number of hydrogen-bond donors (Lipinski definition) is 1. The Morgan fingerprint density at radius 3 is 2.51 bits per heavy atom. The molecule has 41 heavy (non-hydrogen) atoms. The van der Waals surface area contributed by atoms with Gasteiger partial charge in [0.15, 0.2) is 0 Å². The van der Waals surface area contributed by atoms with E-state index < -0.39 is 5.60 Å². The third-order valence-electron chi connectivity index (χ3n) is 7.95. The van der Waals surface area contributed by atoms with E-state index in [4.69, 9.17) is 14.7 Å². The van der Waals surface area contributed by atoms with Gasteiger partial charge in [-0.25, -0.2) is 14.2 Å². The first-order chi connectivity index (χ1) is 19.4. The van der Waals surface area contributed by atoms with Crippen molar-refractivity contribution in [3.8, 4) is 11.3 Å². The predicted molar refractivity (Wildman–Crippen MR) is 157 cm³/mol. The van der Waals surface area contributed by atoms with E-state index in [2.05, 4.69) is 28.6 Å². The Morgan fingerprint density at radius 1 is 1.12 bits per heavy atom. The van der Waals surface area contributed by atoms with E-state index in [1.807, 2.05) is 33.0 Å². The molecule has 2 fully saturated rings. The Bertz CT molecular complexity index is 1440. The lowest BCUT2D eigenvalue weighted by Gasteiger charge is -2.47. The summed E-state index contributed by atoms with van der Waals surface area (Å²) in [6, 6.07) is 8.47. The van der Waals surface area contributed by atoms with Crippen molar-refractivity contribution in [3.05, 3.63) is 42.3 Å². The number of likely N-dealkylation sites (tertiary alicyclic amines) is 1. The van der Waals surface area contributed by atoms with Gasteiger partial charge in [0.1, 0.15) is 17.1 Å². The molecule has 10 heteroatoms. The molecule has 0 bridgehead atoms. The fraction of sp³-hybridized carbons (Fsp3) is 0.548. The van der Waals surface area contributed by atoms with Gasteiger partial charge in [-0.2, -0.15) is 4.98 Å². The van der Waals surface area contributed by atoms with Crippen molar-refractivity contribution < 1.29 is 18.7 Å². The van der Waals surface area contributed by atoms with Gasteiger partial charge in [0.05, 0.1) is 5.69 Å². The summed E-state index contributed by atoms with van der Waals surface area (Å²) in [6.07, 6.45) is 3.67. The lowest BCUT2D eigenvalue weighted by Crippen LogP contribution is -2.60. The van der Waals surface area contributed by atoms with Crippen LogP contribution in [-0.2, 0) is 9.53 Å². The summed E-state index contributed by atoms with van der Waals surface area (Å²) in [4.78, 5) is 38.9. The van der Waals surface area contributed by atoms with Crippen LogP contribution in [0.1, 0.15) is 59.9 Å². The number of benzene rings is 1. The average molecular weight is 565 g/mol. The van der Waals surface area contributed by atoms with Crippen LogP contribution >= 0.6 is 0 Å². The highest BCUT2D eigenvalue weighted by Crippen LogP contribution is 2.42. The summed E-state index contributed by atoms with van der Waals surface area (Å²) >= 11 is 0. The van der Waals surface area contributed by atoms with Crippen LogP contribution in [0.25, 0.3) is 22.3 Å². The SMILES string of the molecule is CNC(=O)C[C@@H](CC(C)C)n1ccc2c(-c3ccccc3F)nc(N3CCC4(CN(C(=O)OC(C)(C)C)C4)C3)nc21. The molecule has 1 aromatic carbocycles. The molecule has 220 valence electrons. The predicted octanol–water partition coefficient (Wildman–Crippen LogP) is 5.41. The highest BCUT2D eigenvalue weighted by Gasteiger charge is 2.51. The number of fused-ring (bicyclic) bond motifs is 1. The molecule has 2 aliphatic heterocycles. The molecule has 3 aromatic rings. The molecule has 2 saturated heterocycles. The minimum atomic E-state index is -0.534. The number of halogens is 1. The summed E-state index contributed by atoms with van der Waals surface area (Å²) in [5, 5.41) is 3.49. The van der Waals surface area contributed by atoms with Crippen molar-refractivity contribution in [1.29, 1.82) is 0 Å². The number of hydrogen-bond acceptors (Lipinski definition) is 6. The smallest absolute Gasteiger partial charge is 0.410 e. The van der Waals surface area contributed by atoms with Gasteiger partial charge < -0.3 is 24.4 Å². The second-order valence-electron chi connectivity index (χ2n) is 13.0. The molecule has 2 amide bonds. The number of carbonyl (C=O) groups is 2. The van der Waals surface area contributed by atoms with E-state index in [1.165, 1.54) is 6.07 Å². The number of anilines is 1. The van der Waals surface area contributed by atoms with Gasteiger partial charge in [-0.15, -0.1) is 0 Å². The maximum Gasteiger partial charge on any atom is 0.410 e. The molecule has 0 radical (unpaired) electrons. The summed E-state index contributed by atoms with van der Waals surface area (Å²) in [7, 11) is 1.65. The zero-order valence-electron chi connectivity index (χ0n) is 24.9. The molecule has 0 unspecified atom stereocenters. The second-order valence-corrected chi connectivity index (χ2v) is 13.0. The number of rotatable bonds is 7. The molecule has 0 aliphatic carbocycles. The number of aromatic nitrogens is 3. The molecule has 1 N–H and O–H groups in total. The van der Waals surface area contributed by atoms with Crippen LogP contribution < -0.4 is 10.2 Å². The second kappa shape index (κ2) is 10.9. The summed E-state index contributed by atoms with van der Waals surface area (Å²) in [6.45, 7) is 12.6. The van der Waals surface area contributed by atoms with Crippen LogP contribution in [0.15, 0.2) is 36.5 Å². The van der Waals surface area contributed by atoms with Gasteiger partial charge in [0.25, 0.3) is 0 Å². The minimum absolute atomic E-state index is 0.0397. The normalized spacial score (nSPS) is 17.3. The monoisotopic (exact) mass is 564 g/mol. The highest BCUT2D eigenvalue weighted by molar-refractivity contribution is 5.92. The van der Waals surface area contributed by atoms with Crippen LogP contribution in [-0.4, -0.2) is 70.3 Å². The number of nitrogens with one attached hydrogen (secondary N) is 1. The maximum absolute atomic E-state index is 15.1. The first kappa shape index (κ1) is 28.8. The van der Waals surface area contributed by atoms with Gasteiger partial charge in [0, 0.05) is 68.3 Å². The molecule has 5 rings (SSSR count). The first-order valence-electron chi connectivity index (χ1n) is 14.4. The molecule has 2 aliphatic rings. The highest BCUT2D eigenvalue weighted by atomic mass is 19.1. The Morgan fingerprint density at radius 2 is 1.85 bits per heavy atom. The fourth-order valence-electron chi connectivity index (χ4n) is 6.05. The minimum Gasteiger partial charge on any atom is -0.444 e. The zero-order chi connectivity index (χ0) is 29.5. The Balaban J connectivity index is 1.50. The lowest BCUT2D eigenvalue weighted by molar-refractivity contribution is -0.121. The van der Waals surface area contributed by atoms with Gasteiger partial charge in [-0.3, -0.25) is 4.79 Å². The number of nitrogens with zero attached hydrogens (tertiary/aromatic N) is 5. The number of ether oxygens (including phenoxy) is 1. The van der Waals surface area contributed by atoms with Crippen molar-refractivity contribution in [2.24, 2.45) is 11.3 Å². The molecule has 4 heterocycles. The van der Waals surface area contributed by atoms with E-state index in [-0.39, 0.29) is 29.3 Å². The van der Waals surface area contributed by atoms with Gasteiger partial charge in [-0.05, 0) is 57.7 Å². The maximum atomic E-state index is 15.1. The van der Waals surface area contributed by atoms with Crippen LogP contribution in [0.3, 0.4) is 0 Å². The largest absolute Gasteiger partial charge is 0.444 e. The van der Waals surface area contributed by atoms with Gasteiger partial charge >= 0.3 is 6.09 Å². The zero-order valence-corrected chi connectivity index (χ0v) is 24.9. The van der Waals surface area contributed by atoms with Crippen LogP contribution in [0.5, 0.6) is 0 Å². The summed E-state index contributed by atoms with van der Waals surface area (Å²) in [5.74, 6) is 0.508. The Labute approximate surface area is 241 Å². The Kier molecular flexibility index (Phi) is 7.70.